The molecule has 146 valence electrons. The summed E-state index contributed by atoms with van der Waals surface area (Å²) < 4.78 is 2.37. The molecule has 0 aliphatic heterocycles. The summed E-state index contributed by atoms with van der Waals surface area (Å²) in [5, 5.41) is 8.94. The highest BCUT2D eigenvalue weighted by Crippen LogP contribution is 2.42. The third-order valence-electron chi connectivity index (χ3n) is 5.88. The van der Waals surface area contributed by atoms with Crippen LogP contribution in [0.25, 0.3) is 4.96 Å². The zero-order valence-electron chi connectivity index (χ0n) is 16.4. The van der Waals surface area contributed by atoms with Crippen LogP contribution < -0.4 is 10.6 Å². The number of thiazole rings is 1. The molecule has 2 fully saturated rings. The van der Waals surface area contributed by atoms with Crippen LogP contribution in [0.4, 0.5) is 5.69 Å². The molecule has 0 spiro atoms. The molecule has 5 nitrogen and oxygen atoms in total. The fraction of sp³-hybridized carbons (Fsp3) is 0.455. The first-order valence-electron chi connectivity index (χ1n) is 10.2. The number of aryl methyl sites for hydroxylation is 1. The number of amides is 1. The Hall–Kier alpha value is -2.18. The van der Waals surface area contributed by atoms with E-state index in [1.807, 2.05) is 12.1 Å². The van der Waals surface area contributed by atoms with Gasteiger partial charge in [0.2, 0.25) is 5.91 Å². The number of carbonyl (C=O) groups excluding carboxylic acids is 1. The number of carbonyl (C=O) groups is 1. The van der Waals surface area contributed by atoms with E-state index in [-0.39, 0.29) is 17.9 Å². The van der Waals surface area contributed by atoms with Crippen molar-refractivity contribution in [2.24, 2.45) is 5.92 Å². The van der Waals surface area contributed by atoms with E-state index in [0.29, 0.717) is 0 Å². The second-order valence-electron chi connectivity index (χ2n) is 8.18. The Labute approximate surface area is 169 Å². The number of nitrogens with one attached hydrogen (secondary N) is 2. The lowest BCUT2D eigenvalue weighted by Gasteiger charge is -2.15. The first-order chi connectivity index (χ1) is 13.6. The van der Waals surface area contributed by atoms with Crippen LogP contribution in [0.5, 0.6) is 0 Å². The van der Waals surface area contributed by atoms with Crippen molar-refractivity contribution in [3.8, 4) is 0 Å². The van der Waals surface area contributed by atoms with Crippen LogP contribution in [0, 0.1) is 12.8 Å². The van der Waals surface area contributed by atoms with Gasteiger partial charge in [-0.3, -0.25) is 9.20 Å². The molecule has 3 aromatic rings. The SMILES string of the molecule is Cc1nc2scc(C3CC3)n2c1CN[C@@H](C)c1ccc(NC(=O)C2CC2)cc1. The van der Waals surface area contributed by atoms with E-state index in [1.165, 1.54) is 29.8 Å². The molecule has 0 radical (unpaired) electrons. The molecule has 2 aromatic heterocycles. The number of hydrogen-bond acceptors (Lipinski definition) is 4. The van der Waals surface area contributed by atoms with Gasteiger partial charge >= 0.3 is 0 Å². The molecule has 6 heteroatoms. The van der Waals surface area contributed by atoms with Gasteiger partial charge in [0.15, 0.2) is 4.96 Å². The van der Waals surface area contributed by atoms with E-state index < -0.39 is 0 Å². The number of nitrogens with zero attached hydrogens (tertiary/aromatic N) is 2. The molecule has 1 amide bonds. The van der Waals surface area contributed by atoms with Crippen LogP contribution in [0.3, 0.4) is 0 Å². The van der Waals surface area contributed by atoms with Crippen molar-refractivity contribution in [3.05, 3.63) is 52.3 Å². The molecule has 1 aromatic carbocycles. The predicted octanol–water partition coefficient (Wildman–Crippen LogP) is 4.78. The molecule has 2 saturated carbocycles. The maximum absolute atomic E-state index is 11.9. The zero-order chi connectivity index (χ0) is 19.3. The van der Waals surface area contributed by atoms with Crippen molar-refractivity contribution < 1.29 is 4.79 Å². The summed E-state index contributed by atoms with van der Waals surface area (Å²) in [5.41, 5.74) is 5.93. The van der Waals surface area contributed by atoms with Crippen LogP contribution >= 0.6 is 11.3 Å². The number of fused-ring (bicyclic) bond motifs is 1. The van der Waals surface area contributed by atoms with Crippen LogP contribution in [-0.2, 0) is 11.3 Å². The predicted molar refractivity (Wildman–Crippen MR) is 113 cm³/mol. The first-order valence-corrected chi connectivity index (χ1v) is 11.1. The maximum Gasteiger partial charge on any atom is 0.227 e. The molecule has 5 rings (SSSR count). The van der Waals surface area contributed by atoms with Crippen LogP contribution in [0.1, 0.15) is 67.2 Å². The number of hydrogen-bond donors (Lipinski definition) is 2. The third-order valence-corrected chi connectivity index (χ3v) is 6.73. The van der Waals surface area contributed by atoms with E-state index in [4.69, 9.17) is 4.98 Å². The second-order valence-corrected chi connectivity index (χ2v) is 9.02. The summed E-state index contributed by atoms with van der Waals surface area (Å²) in [7, 11) is 0. The number of benzene rings is 1. The Balaban J connectivity index is 1.26. The smallest absolute Gasteiger partial charge is 0.227 e. The minimum Gasteiger partial charge on any atom is -0.326 e. The van der Waals surface area contributed by atoms with E-state index in [1.54, 1.807) is 11.3 Å². The largest absolute Gasteiger partial charge is 0.326 e. The normalized spacial score (nSPS) is 17.8. The lowest BCUT2D eigenvalue weighted by molar-refractivity contribution is -0.117. The van der Waals surface area contributed by atoms with Gasteiger partial charge in [-0.1, -0.05) is 12.1 Å². The van der Waals surface area contributed by atoms with Crippen molar-refractivity contribution in [3.63, 3.8) is 0 Å². The standard InChI is InChI=1S/C22H26N4OS/c1-13(15-7-9-18(10-8-15)25-21(27)17-5-6-17)23-11-19-14(2)24-22-26(19)20(12-28-22)16-3-4-16/h7-10,12-13,16-17,23H,3-6,11H2,1-2H3,(H,25,27)/t13-/m0/s1. The minimum atomic E-state index is 0.154. The van der Waals surface area contributed by atoms with Gasteiger partial charge in [0.25, 0.3) is 0 Å². The third kappa shape index (κ3) is 3.47. The Kier molecular flexibility index (Phi) is 4.48. The fourth-order valence-electron chi connectivity index (χ4n) is 3.72. The van der Waals surface area contributed by atoms with Gasteiger partial charge < -0.3 is 10.6 Å². The molecule has 0 saturated heterocycles. The molecule has 2 N–H and O–H groups in total. The summed E-state index contributed by atoms with van der Waals surface area (Å²) in [6.45, 7) is 5.08. The zero-order valence-corrected chi connectivity index (χ0v) is 17.2. The highest BCUT2D eigenvalue weighted by atomic mass is 32.1. The molecule has 2 aliphatic rings. The van der Waals surface area contributed by atoms with Crippen molar-refractivity contribution in [1.29, 1.82) is 0 Å². The summed E-state index contributed by atoms with van der Waals surface area (Å²) in [6.07, 6.45) is 4.66. The molecule has 2 heterocycles. The summed E-state index contributed by atoms with van der Waals surface area (Å²) in [5.74, 6) is 1.10. The highest BCUT2D eigenvalue weighted by Gasteiger charge is 2.30. The van der Waals surface area contributed by atoms with Gasteiger partial charge in [-0.2, -0.15) is 0 Å². The number of rotatable bonds is 7. The van der Waals surface area contributed by atoms with Crippen molar-refractivity contribution in [2.45, 2.75) is 58.0 Å². The number of imidazole rings is 1. The van der Waals surface area contributed by atoms with Gasteiger partial charge in [0.1, 0.15) is 0 Å². The summed E-state index contributed by atoms with van der Waals surface area (Å²) in [4.78, 5) is 17.8. The van der Waals surface area contributed by atoms with Gasteiger partial charge in [-0.15, -0.1) is 11.3 Å². The van der Waals surface area contributed by atoms with E-state index in [2.05, 4.69) is 46.4 Å². The average Bonchev–Trinajstić information content (AvgIpc) is 3.60. The summed E-state index contributed by atoms with van der Waals surface area (Å²) >= 11 is 1.75. The number of aromatic nitrogens is 2. The molecule has 0 unspecified atom stereocenters. The van der Waals surface area contributed by atoms with Gasteiger partial charge in [-0.25, -0.2) is 4.98 Å². The van der Waals surface area contributed by atoms with Crippen molar-refractivity contribution >= 4 is 27.9 Å². The van der Waals surface area contributed by atoms with Gasteiger partial charge in [0.05, 0.1) is 11.4 Å². The summed E-state index contributed by atoms with van der Waals surface area (Å²) in [6, 6.07) is 8.42. The van der Waals surface area contributed by atoms with Gasteiger partial charge in [0, 0.05) is 41.2 Å². The van der Waals surface area contributed by atoms with Gasteiger partial charge in [-0.05, 0) is 57.2 Å². The monoisotopic (exact) mass is 394 g/mol. The number of anilines is 1. The Morgan fingerprint density at radius 1 is 1.25 bits per heavy atom. The lowest BCUT2D eigenvalue weighted by Crippen LogP contribution is -2.20. The Morgan fingerprint density at radius 2 is 2.00 bits per heavy atom. The van der Waals surface area contributed by atoms with E-state index >= 15 is 0 Å². The van der Waals surface area contributed by atoms with Crippen molar-refractivity contribution in [2.75, 3.05) is 5.32 Å². The average molecular weight is 395 g/mol. The minimum absolute atomic E-state index is 0.154. The van der Waals surface area contributed by atoms with E-state index in [0.717, 1.165) is 41.6 Å². The Morgan fingerprint density at radius 3 is 2.68 bits per heavy atom. The highest BCUT2D eigenvalue weighted by molar-refractivity contribution is 7.15. The molecular weight excluding hydrogens is 368 g/mol. The molecule has 2 aliphatic carbocycles. The van der Waals surface area contributed by atoms with Crippen molar-refractivity contribution in [1.82, 2.24) is 14.7 Å². The van der Waals surface area contributed by atoms with Crippen LogP contribution in [0.15, 0.2) is 29.6 Å². The molecule has 0 bridgehead atoms. The maximum atomic E-state index is 11.9. The molecule has 1 atom stereocenters. The topological polar surface area (TPSA) is 58.4 Å². The fourth-order valence-corrected chi connectivity index (χ4v) is 4.76. The lowest BCUT2D eigenvalue weighted by atomic mass is 10.1. The quantitative estimate of drug-likeness (QED) is 0.606. The molecule has 28 heavy (non-hydrogen) atoms. The van der Waals surface area contributed by atoms with E-state index in [9.17, 15) is 4.79 Å². The van der Waals surface area contributed by atoms with Crippen LogP contribution in [0.2, 0.25) is 0 Å². The molecular formula is C22H26N4OS. The Bertz CT molecular complexity index is 1010. The first kappa shape index (κ1) is 17.9. The second kappa shape index (κ2) is 7.01. The van der Waals surface area contributed by atoms with Crippen LogP contribution in [-0.4, -0.2) is 15.3 Å².